The van der Waals surface area contributed by atoms with E-state index in [1.54, 1.807) is 24.3 Å². The lowest BCUT2D eigenvalue weighted by Gasteiger charge is -2.27. The van der Waals surface area contributed by atoms with Crippen LogP contribution in [0.15, 0.2) is 53.3 Å². The van der Waals surface area contributed by atoms with Crippen molar-refractivity contribution >= 4 is 5.69 Å². The van der Waals surface area contributed by atoms with Gasteiger partial charge in [-0.15, -0.1) is 0 Å². The standard InChI is InChI=1S/C20H19FN4O/c21-15-5-1-13(2-6-15)11-25-10-9-18-17(12-25)20(26)24-19(23-18)14-3-7-16(22)8-4-14/h1-8H,9-12,22H2,(H,23,24,26). The maximum absolute atomic E-state index is 13.0. The summed E-state index contributed by atoms with van der Waals surface area (Å²) < 4.78 is 13.0. The Morgan fingerprint density at radius 2 is 1.85 bits per heavy atom. The number of anilines is 1. The third-order valence-electron chi connectivity index (χ3n) is 4.65. The van der Waals surface area contributed by atoms with E-state index in [2.05, 4.69) is 14.9 Å². The number of halogens is 1. The predicted molar refractivity (Wildman–Crippen MR) is 98.9 cm³/mol. The Balaban J connectivity index is 1.57. The molecule has 26 heavy (non-hydrogen) atoms. The van der Waals surface area contributed by atoms with Crippen molar-refractivity contribution in [2.24, 2.45) is 0 Å². The van der Waals surface area contributed by atoms with Crippen molar-refractivity contribution in [2.75, 3.05) is 12.3 Å². The van der Waals surface area contributed by atoms with Crippen molar-refractivity contribution in [1.29, 1.82) is 0 Å². The number of fused-ring (bicyclic) bond motifs is 1. The number of nitrogens with one attached hydrogen (secondary N) is 1. The van der Waals surface area contributed by atoms with Crippen molar-refractivity contribution in [3.63, 3.8) is 0 Å². The van der Waals surface area contributed by atoms with E-state index in [1.165, 1.54) is 12.1 Å². The lowest BCUT2D eigenvalue weighted by Crippen LogP contribution is -2.35. The van der Waals surface area contributed by atoms with Crippen LogP contribution in [0.3, 0.4) is 0 Å². The highest BCUT2D eigenvalue weighted by Gasteiger charge is 2.21. The van der Waals surface area contributed by atoms with Crippen LogP contribution in [-0.2, 0) is 19.5 Å². The highest BCUT2D eigenvalue weighted by molar-refractivity contribution is 5.58. The molecule has 1 aliphatic heterocycles. The first kappa shape index (κ1) is 16.5. The third-order valence-corrected chi connectivity index (χ3v) is 4.65. The normalized spacial score (nSPS) is 14.2. The molecule has 0 spiro atoms. The number of H-pyrrole nitrogens is 1. The number of aromatic amines is 1. The maximum Gasteiger partial charge on any atom is 0.255 e. The molecular weight excluding hydrogens is 331 g/mol. The minimum Gasteiger partial charge on any atom is -0.399 e. The minimum absolute atomic E-state index is 0.106. The van der Waals surface area contributed by atoms with Crippen LogP contribution in [0.2, 0.25) is 0 Å². The molecule has 4 rings (SSSR count). The Hall–Kier alpha value is -2.99. The molecule has 3 aromatic rings. The SMILES string of the molecule is Nc1ccc(-c2nc3c(c(=O)[nH]2)CN(Cc2ccc(F)cc2)CC3)cc1. The van der Waals surface area contributed by atoms with Gasteiger partial charge < -0.3 is 10.7 Å². The highest BCUT2D eigenvalue weighted by atomic mass is 19.1. The molecule has 0 fully saturated rings. The third kappa shape index (κ3) is 3.36. The number of benzene rings is 2. The van der Waals surface area contributed by atoms with Gasteiger partial charge in [0, 0.05) is 37.3 Å². The molecule has 132 valence electrons. The summed E-state index contributed by atoms with van der Waals surface area (Å²) in [5, 5.41) is 0. The number of nitrogens with two attached hydrogens (primary N) is 1. The fraction of sp³-hybridized carbons (Fsp3) is 0.200. The summed E-state index contributed by atoms with van der Waals surface area (Å²) in [6.45, 7) is 2.03. The zero-order chi connectivity index (χ0) is 18.1. The minimum atomic E-state index is -0.242. The molecule has 0 radical (unpaired) electrons. The molecule has 0 saturated heterocycles. The molecule has 0 unspecified atom stereocenters. The van der Waals surface area contributed by atoms with Crippen LogP contribution in [0.4, 0.5) is 10.1 Å². The van der Waals surface area contributed by atoms with Gasteiger partial charge in [0.25, 0.3) is 5.56 Å². The summed E-state index contributed by atoms with van der Waals surface area (Å²) >= 11 is 0. The summed E-state index contributed by atoms with van der Waals surface area (Å²) in [4.78, 5) is 22.3. The second kappa shape index (κ2) is 6.72. The van der Waals surface area contributed by atoms with Gasteiger partial charge in [-0.1, -0.05) is 12.1 Å². The van der Waals surface area contributed by atoms with Crippen molar-refractivity contribution in [1.82, 2.24) is 14.9 Å². The van der Waals surface area contributed by atoms with Gasteiger partial charge in [-0.3, -0.25) is 9.69 Å². The molecule has 0 saturated carbocycles. The van der Waals surface area contributed by atoms with E-state index >= 15 is 0 Å². The quantitative estimate of drug-likeness (QED) is 0.712. The average Bonchev–Trinajstić information content (AvgIpc) is 2.64. The number of rotatable bonds is 3. The van der Waals surface area contributed by atoms with E-state index in [9.17, 15) is 9.18 Å². The lowest BCUT2D eigenvalue weighted by atomic mass is 10.1. The van der Waals surface area contributed by atoms with E-state index in [1.807, 2.05) is 12.1 Å². The first-order chi connectivity index (χ1) is 12.6. The van der Waals surface area contributed by atoms with Crippen molar-refractivity contribution in [3.05, 3.63) is 81.5 Å². The number of hydrogen-bond acceptors (Lipinski definition) is 4. The Morgan fingerprint density at radius 3 is 2.58 bits per heavy atom. The Bertz CT molecular complexity index is 980. The lowest BCUT2D eigenvalue weighted by molar-refractivity contribution is 0.242. The van der Waals surface area contributed by atoms with Gasteiger partial charge in [-0.25, -0.2) is 9.37 Å². The van der Waals surface area contributed by atoms with Gasteiger partial charge in [0.15, 0.2) is 0 Å². The zero-order valence-electron chi connectivity index (χ0n) is 14.2. The van der Waals surface area contributed by atoms with Crippen LogP contribution < -0.4 is 11.3 Å². The van der Waals surface area contributed by atoms with Gasteiger partial charge in [0.2, 0.25) is 0 Å². The summed E-state index contributed by atoms with van der Waals surface area (Å²) in [6.07, 6.45) is 0.711. The van der Waals surface area contributed by atoms with E-state index < -0.39 is 0 Å². The summed E-state index contributed by atoms with van der Waals surface area (Å²) in [7, 11) is 0. The maximum atomic E-state index is 13.0. The largest absolute Gasteiger partial charge is 0.399 e. The van der Waals surface area contributed by atoms with Crippen molar-refractivity contribution in [2.45, 2.75) is 19.5 Å². The van der Waals surface area contributed by atoms with Crippen LogP contribution >= 0.6 is 0 Å². The molecule has 3 N–H and O–H groups in total. The topological polar surface area (TPSA) is 75.0 Å². The number of aromatic nitrogens is 2. The van der Waals surface area contributed by atoms with Gasteiger partial charge >= 0.3 is 0 Å². The number of nitrogen functional groups attached to an aromatic ring is 1. The predicted octanol–water partition coefficient (Wildman–Crippen LogP) is 2.72. The van der Waals surface area contributed by atoms with Crippen LogP contribution in [0.5, 0.6) is 0 Å². The number of nitrogens with zero attached hydrogens (tertiary/aromatic N) is 2. The van der Waals surface area contributed by atoms with Crippen LogP contribution in [0.25, 0.3) is 11.4 Å². The van der Waals surface area contributed by atoms with E-state index in [4.69, 9.17) is 5.73 Å². The fourth-order valence-corrected chi connectivity index (χ4v) is 3.24. The first-order valence-corrected chi connectivity index (χ1v) is 8.53. The second-order valence-electron chi connectivity index (χ2n) is 6.55. The van der Waals surface area contributed by atoms with Crippen molar-refractivity contribution in [3.8, 4) is 11.4 Å². The Labute approximate surface area is 150 Å². The van der Waals surface area contributed by atoms with Gasteiger partial charge in [0.05, 0.1) is 11.3 Å². The first-order valence-electron chi connectivity index (χ1n) is 8.53. The number of hydrogen-bond donors (Lipinski definition) is 2. The average molecular weight is 350 g/mol. The summed E-state index contributed by atoms with van der Waals surface area (Å²) in [6, 6.07) is 13.8. The molecule has 6 heteroatoms. The van der Waals surface area contributed by atoms with E-state index in [-0.39, 0.29) is 11.4 Å². The fourth-order valence-electron chi connectivity index (χ4n) is 3.24. The smallest absolute Gasteiger partial charge is 0.255 e. The molecule has 0 amide bonds. The molecule has 1 aromatic heterocycles. The van der Waals surface area contributed by atoms with E-state index in [0.717, 1.165) is 23.4 Å². The molecular formula is C20H19FN4O. The molecule has 5 nitrogen and oxygen atoms in total. The van der Waals surface area contributed by atoms with Gasteiger partial charge in [-0.2, -0.15) is 0 Å². The van der Waals surface area contributed by atoms with Crippen LogP contribution in [0.1, 0.15) is 16.8 Å². The Morgan fingerprint density at radius 1 is 1.12 bits per heavy atom. The highest BCUT2D eigenvalue weighted by Crippen LogP contribution is 2.20. The molecule has 0 aliphatic carbocycles. The van der Waals surface area contributed by atoms with Crippen molar-refractivity contribution < 1.29 is 4.39 Å². The second-order valence-corrected chi connectivity index (χ2v) is 6.55. The molecule has 2 aromatic carbocycles. The summed E-state index contributed by atoms with van der Waals surface area (Å²) in [5.74, 6) is 0.328. The molecule has 2 heterocycles. The molecule has 0 atom stereocenters. The monoisotopic (exact) mass is 350 g/mol. The molecule has 1 aliphatic rings. The Kier molecular flexibility index (Phi) is 4.26. The van der Waals surface area contributed by atoms with Crippen LogP contribution in [0, 0.1) is 5.82 Å². The van der Waals surface area contributed by atoms with E-state index in [0.29, 0.717) is 36.6 Å². The molecule has 0 bridgehead atoms. The summed E-state index contributed by atoms with van der Waals surface area (Å²) in [5.41, 5.74) is 9.70. The van der Waals surface area contributed by atoms with Gasteiger partial charge in [-0.05, 0) is 42.0 Å². The van der Waals surface area contributed by atoms with Crippen LogP contribution in [-0.4, -0.2) is 21.4 Å². The van der Waals surface area contributed by atoms with Gasteiger partial charge in [0.1, 0.15) is 11.6 Å². The zero-order valence-corrected chi connectivity index (χ0v) is 14.2.